The van der Waals surface area contributed by atoms with E-state index in [-0.39, 0.29) is 24.4 Å². The normalized spacial score (nSPS) is 12.8. The minimum absolute atomic E-state index is 0.0975. The van der Waals surface area contributed by atoms with Crippen molar-refractivity contribution in [1.82, 2.24) is 5.32 Å². The standard InChI is InChI=1S/C27H31N3O2/c1-19-12-11-17-24(20(19)2)28-25(31)18-30(4)21(3)27(32)29-26(22-13-7-5-8-14-22)23-15-9-6-10-16-23/h5-17,21,26H,18H2,1-4H3,(H,28,31)(H,29,32)/p+1/t21-/m1/s1. The van der Waals surface area contributed by atoms with Gasteiger partial charge in [-0.3, -0.25) is 9.59 Å². The van der Waals surface area contributed by atoms with E-state index < -0.39 is 6.04 Å². The maximum absolute atomic E-state index is 13.1. The van der Waals surface area contributed by atoms with E-state index in [0.717, 1.165) is 32.8 Å². The number of nitrogens with one attached hydrogen (secondary N) is 3. The number of hydrogen-bond acceptors (Lipinski definition) is 2. The van der Waals surface area contributed by atoms with Gasteiger partial charge in [-0.2, -0.15) is 0 Å². The number of likely N-dealkylation sites (N-methyl/N-ethyl adjacent to an activating group) is 1. The Balaban J connectivity index is 1.66. The van der Waals surface area contributed by atoms with Crippen LogP contribution in [0.3, 0.4) is 0 Å². The Hall–Kier alpha value is -3.44. The lowest BCUT2D eigenvalue weighted by atomic mass is 9.98. The summed E-state index contributed by atoms with van der Waals surface area (Å²) in [6.07, 6.45) is 0. The first kappa shape index (κ1) is 23.2. The number of rotatable bonds is 8. The van der Waals surface area contributed by atoms with Crippen molar-refractivity contribution in [3.8, 4) is 0 Å². The molecule has 0 aromatic heterocycles. The molecule has 166 valence electrons. The van der Waals surface area contributed by atoms with E-state index in [1.165, 1.54) is 0 Å². The van der Waals surface area contributed by atoms with E-state index in [1.54, 1.807) is 0 Å². The first-order valence-corrected chi connectivity index (χ1v) is 11.0. The second-order valence-corrected chi connectivity index (χ2v) is 8.30. The van der Waals surface area contributed by atoms with Crippen LogP contribution in [0.2, 0.25) is 0 Å². The summed E-state index contributed by atoms with van der Waals surface area (Å²) >= 11 is 0. The Labute approximate surface area is 190 Å². The highest BCUT2D eigenvalue weighted by atomic mass is 16.2. The van der Waals surface area contributed by atoms with Crippen molar-refractivity contribution in [1.29, 1.82) is 0 Å². The summed E-state index contributed by atoms with van der Waals surface area (Å²) in [5, 5.41) is 6.16. The lowest BCUT2D eigenvalue weighted by molar-refractivity contribution is -0.885. The molecule has 0 aliphatic heterocycles. The van der Waals surface area contributed by atoms with Gasteiger partial charge in [0.25, 0.3) is 11.8 Å². The number of amides is 2. The zero-order chi connectivity index (χ0) is 23.1. The Kier molecular flexibility index (Phi) is 7.79. The molecule has 1 unspecified atom stereocenters. The third kappa shape index (κ3) is 5.83. The SMILES string of the molecule is Cc1cccc(NC(=O)C[NH+](C)[C@H](C)C(=O)NC(c2ccccc2)c2ccccc2)c1C. The van der Waals surface area contributed by atoms with Crippen LogP contribution >= 0.6 is 0 Å². The van der Waals surface area contributed by atoms with E-state index in [0.29, 0.717) is 0 Å². The molecule has 0 aliphatic carbocycles. The molecule has 5 nitrogen and oxygen atoms in total. The molecule has 3 aromatic carbocycles. The van der Waals surface area contributed by atoms with E-state index in [1.807, 2.05) is 107 Å². The molecule has 0 radical (unpaired) electrons. The molecule has 0 spiro atoms. The highest BCUT2D eigenvalue weighted by Gasteiger charge is 2.27. The Morgan fingerprint density at radius 3 is 1.97 bits per heavy atom. The van der Waals surface area contributed by atoms with Crippen LogP contribution in [0.4, 0.5) is 5.69 Å². The van der Waals surface area contributed by atoms with E-state index in [9.17, 15) is 9.59 Å². The molecule has 0 aliphatic rings. The van der Waals surface area contributed by atoms with Crippen LogP contribution in [-0.4, -0.2) is 31.4 Å². The van der Waals surface area contributed by atoms with Crippen molar-refractivity contribution in [2.24, 2.45) is 0 Å². The van der Waals surface area contributed by atoms with Crippen LogP contribution < -0.4 is 15.5 Å². The number of hydrogen-bond donors (Lipinski definition) is 3. The molecule has 2 atom stereocenters. The third-order valence-electron chi connectivity index (χ3n) is 6.00. The molecular weight excluding hydrogens is 398 g/mol. The van der Waals surface area contributed by atoms with Gasteiger partial charge >= 0.3 is 0 Å². The monoisotopic (exact) mass is 430 g/mol. The molecule has 0 saturated heterocycles. The number of carbonyl (C=O) groups excluding carboxylic acids is 2. The molecule has 3 aromatic rings. The second kappa shape index (κ2) is 10.7. The van der Waals surface area contributed by atoms with Crippen molar-refractivity contribution in [2.75, 3.05) is 18.9 Å². The fraction of sp³-hybridized carbons (Fsp3) is 0.259. The second-order valence-electron chi connectivity index (χ2n) is 8.30. The van der Waals surface area contributed by atoms with Gasteiger partial charge in [0.05, 0.1) is 13.1 Å². The Bertz CT molecular complexity index is 1010. The topological polar surface area (TPSA) is 62.6 Å². The van der Waals surface area contributed by atoms with Gasteiger partial charge in [-0.1, -0.05) is 72.8 Å². The zero-order valence-corrected chi connectivity index (χ0v) is 19.2. The van der Waals surface area contributed by atoms with E-state index in [2.05, 4.69) is 10.6 Å². The summed E-state index contributed by atoms with van der Waals surface area (Å²) in [4.78, 5) is 26.6. The van der Waals surface area contributed by atoms with Gasteiger partial charge in [0, 0.05) is 5.69 Å². The first-order chi connectivity index (χ1) is 15.4. The van der Waals surface area contributed by atoms with E-state index in [4.69, 9.17) is 0 Å². The van der Waals surface area contributed by atoms with Crippen LogP contribution in [0.1, 0.15) is 35.2 Å². The molecule has 32 heavy (non-hydrogen) atoms. The summed E-state index contributed by atoms with van der Waals surface area (Å²) in [7, 11) is 1.87. The molecule has 0 bridgehead atoms. The summed E-state index contributed by atoms with van der Waals surface area (Å²) < 4.78 is 0. The van der Waals surface area contributed by atoms with Crippen molar-refractivity contribution in [2.45, 2.75) is 32.9 Å². The molecule has 3 N–H and O–H groups in total. The van der Waals surface area contributed by atoms with Crippen LogP contribution in [0.15, 0.2) is 78.9 Å². The molecule has 0 heterocycles. The van der Waals surface area contributed by atoms with Crippen LogP contribution in [0.25, 0.3) is 0 Å². The minimum atomic E-state index is -0.394. The quantitative estimate of drug-likeness (QED) is 0.514. The number of aryl methyl sites for hydroxylation is 1. The fourth-order valence-electron chi connectivity index (χ4n) is 3.63. The third-order valence-corrected chi connectivity index (χ3v) is 6.00. The summed E-state index contributed by atoms with van der Waals surface area (Å²) in [5.41, 5.74) is 5.03. The van der Waals surface area contributed by atoms with Gasteiger partial charge in [-0.15, -0.1) is 0 Å². The first-order valence-electron chi connectivity index (χ1n) is 11.0. The van der Waals surface area contributed by atoms with E-state index >= 15 is 0 Å². The largest absolute Gasteiger partial charge is 0.340 e. The van der Waals surface area contributed by atoms with Crippen molar-refractivity contribution in [3.63, 3.8) is 0 Å². The molecular formula is C27H32N3O2+. The van der Waals surface area contributed by atoms with Gasteiger partial charge in [0.1, 0.15) is 0 Å². The van der Waals surface area contributed by atoms with Gasteiger partial charge in [0.15, 0.2) is 12.6 Å². The predicted octanol–water partition coefficient (Wildman–Crippen LogP) is 3.05. The molecule has 5 heteroatoms. The summed E-state index contributed by atoms with van der Waals surface area (Å²) in [5.74, 6) is -0.210. The molecule has 3 rings (SSSR count). The molecule has 2 amide bonds. The average molecular weight is 431 g/mol. The number of quaternary nitrogens is 1. The maximum atomic E-state index is 13.1. The number of carbonyl (C=O) groups is 2. The number of benzene rings is 3. The number of anilines is 1. The van der Waals surface area contributed by atoms with Gasteiger partial charge in [0.2, 0.25) is 0 Å². The Morgan fingerprint density at radius 2 is 1.41 bits per heavy atom. The van der Waals surface area contributed by atoms with Gasteiger partial charge < -0.3 is 15.5 Å². The predicted molar refractivity (Wildman–Crippen MR) is 129 cm³/mol. The fourth-order valence-corrected chi connectivity index (χ4v) is 3.63. The molecule has 0 saturated carbocycles. The van der Waals surface area contributed by atoms with Crippen molar-refractivity contribution < 1.29 is 14.5 Å². The smallest absolute Gasteiger partial charge is 0.279 e. The highest BCUT2D eigenvalue weighted by Crippen LogP contribution is 2.21. The Morgan fingerprint density at radius 1 is 0.844 bits per heavy atom. The lowest BCUT2D eigenvalue weighted by Gasteiger charge is -2.25. The summed E-state index contributed by atoms with van der Waals surface area (Å²) in [6, 6.07) is 25.0. The zero-order valence-electron chi connectivity index (χ0n) is 19.2. The van der Waals surface area contributed by atoms with Crippen LogP contribution in [0, 0.1) is 13.8 Å². The highest BCUT2D eigenvalue weighted by molar-refractivity contribution is 5.92. The average Bonchev–Trinajstić information content (AvgIpc) is 2.81. The van der Waals surface area contributed by atoms with Crippen molar-refractivity contribution >= 4 is 17.5 Å². The van der Waals surface area contributed by atoms with Crippen LogP contribution in [-0.2, 0) is 9.59 Å². The van der Waals surface area contributed by atoms with Gasteiger partial charge in [-0.25, -0.2) is 0 Å². The summed E-state index contributed by atoms with van der Waals surface area (Å²) in [6.45, 7) is 6.06. The lowest BCUT2D eigenvalue weighted by Crippen LogP contribution is -3.15. The van der Waals surface area contributed by atoms with Gasteiger partial charge in [-0.05, 0) is 49.1 Å². The van der Waals surface area contributed by atoms with Crippen molar-refractivity contribution in [3.05, 3.63) is 101 Å². The maximum Gasteiger partial charge on any atom is 0.279 e. The van der Waals surface area contributed by atoms with Crippen LogP contribution in [0.5, 0.6) is 0 Å². The molecule has 0 fully saturated rings. The minimum Gasteiger partial charge on any atom is -0.340 e.